The summed E-state index contributed by atoms with van der Waals surface area (Å²) in [6.07, 6.45) is 0.106. The van der Waals surface area contributed by atoms with Crippen LogP contribution in [0.5, 0.6) is 5.75 Å². The molecule has 0 aromatic heterocycles. The maximum atomic E-state index is 13.5. The molecule has 3 rings (SSSR count). The first-order valence-electron chi connectivity index (χ1n) is 9.56. The predicted molar refractivity (Wildman–Crippen MR) is 117 cm³/mol. The number of benzene rings is 3. The van der Waals surface area contributed by atoms with Crippen molar-refractivity contribution in [2.45, 2.75) is 24.3 Å². The molecule has 0 saturated carbocycles. The number of sulfonamides is 1. The summed E-state index contributed by atoms with van der Waals surface area (Å²) in [5, 5.41) is 2.58. The first-order valence-corrected chi connectivity index (χ1v) is 11.0. The smallest absolute Gasteiger partial charge is 0.245 e. The van der Waals surface area contributed by atoms with Crippen molar-refractivity contribution in [3.63, 3.8) is 0 Å². The van der Waals surface area contributed by atoms with Gasteiger partial charge in [0.25, 0.3) is 0 Å². The second-order valence-electron chi connectivity index (χ2n) is 7.02. The van der Waals surface area contributed by atoms with E-state index in [1.54, 1.807) is 43.3 Å². The van der Waals surface area contributed by atoms with Crippen LogP contribution in [0.1, 0.15) is 11.1 Å². The third-order valence-corrected chi connectivity index (χ3v) is 6.09. The number of hydrogen-bond donors (Lipinski definition) is 2. The Labute approximate surface area is 181 Å². The Balaban J connectivity index is 1.92. The lowest BCUT2D eigenvalue weighted by atomic mass is 10.1. The van der Waals surface area contributed by atoms with Crippen molar-refractivity contribution in [2.75, 3.05) is 12.4 Å². The van der Waals surface area contributed by atoms with Crippen LogP contribution < -0.4 is 14.8 Å². The van der Waals surface area contributed by atoms with Crippen LogP contribution >= 0.6 is 0 Å². The van der Waals surface area contributed by atoms with Gasteiger partial charge >= 0.3 is 0 Å². The van der Waals surface area contributed by atoms with Crippen LogP contribution in [0.2, 0.25) is 0 Å². The molecule has 0 radical (unpaired) electrons. The van der Waals surface area contributed by atoms with Crippen LogP contribution in [0, 0.1) is 12.7 Å². The fraction of sp³-hybridized carbons (Fsp3) is 0.174. The topological polar surface area (TPSA) is 84.5 Å². The van der Waals surface area contributed by atoms with E-state index in [4.69, 9.17) is 4.74 Å². The molecule has 0 fully saturated rings. The Bertz CT molecular complexity index is 1170. The summed E-state index contributed by atoms with van der Waals surface area (Å²) in [6.45, 7) is 1.76. The quantitative estimate of drug-likeness (QED) is 0.558. The fourth-order valence-electron chi connectivity index (χ4n) is 3.08. The first-order chi connectivity index (χ1) is 14.8. The number of carbonyl (C=O) groups is 1. The Kier molecular flexibility index (Phi) is 7.04. The van der Waals surface area contributed by atoms with E-state index in [0.29, 0.717) is 0 Å². The van der Waals surface area contributed by atoms with Crippen molar-refractivity contribution < 1.29 is 22.3 Å². The first kappa shape index (κ1) is 22.5. The van der Waals surface area contributed by atoms with Gasteiger partial charge in [0.15, 0.2) is 0 Å². The molecule has 1 amide bonds. The fourth-order valence-corrected chi connectivity index (χ4v) is 4.53. The molecule has 0 saturated heterocycles. The SMILES string of the molecule is COc1ccc(C)cc1S(=O)(=O)NC(Cc1ccccc1)C(=O)Nc1cccc(F)c1. The second-order valence-corrected chi connectivity index (χ2v) is 8.70. The molecule has 162 valence electrons. The lowest BCUT2D eigenvalue weighted by Crippen LogP contribution is -2.45. The van der Waals surface area contributed by atoms with Crippen LogP contribution in [0.15, 0.2) is 77.7 Å². The molecule has 3 aromatic rings. The lowest BCUT2D eigenvalue weighted by molar-refractivity contribution is -0.117. The van der Waals surface area contributed by atoms with Crippen molar-refractivity contribution in [3.8, 4) is 5.75 Å². The van der Waals surface area contributed by atoms with Crippen molar-refractivity contribution in [1.82, 2.24) is 4.72 Å². The molecule has 2 N–H and O–H groups in total. The Morgan fingerprint density at radius 2 is 1.77 bits per heavy atom. The zero-order valence-electron chi connectivity index (χ0n) is 17.1. The van der Waals surface area contributed by atoms with Crippen LogP contribution in [-0.4, -0.2) is 27.5 Å². The molecule has 8 heteroatoms. The van der Waals surface area contributed by atoms with E-state index in [9.17, 15) is 17.6 Å². The van der Waals surface area contributed by atoms with Crippen LogP contribution in [0.4, 0.5) is 10.1 Å². The molecule has 1 atom stereocenters. The Hall–Kier alpha value is -3.23. The van der Waals surface area contributed by atoms with Gasteiger partial charge in [-0.25, -0.2) is 12.8 Å². The van der Waals surface area contributed by atoms with E-state index >= 15 is 0 Å². The molecule has 0 aliphatic heterocycles. The number of ether oxygens (including phenoxy) is 1. The predicted octanol–water partition coefficient (Wildman–Crippen LogP) is 3.67. The zero-order valence-corrected chi connectivity index (χ0v) is 17.9. The van der Waals surface area contributed by atoms with E-state index in [2.05, 4.69) is 10.0 Å². The minimum Gasteiger partial charge on any atom is -0.495 e. The maximum Gasteiger partial charge on any atom is 0.245 e. The molecule has 3 aromatic carbocycles. The van der Waals surface area contributed by atoms with Crippen LogP contribution in [0.25, 0.3) is 0 Å². The number of anilines is 1. The second kappa shape index (κ2) is 9.72. The molecule has 1 unspecified atom stereocenters. The largest absolute Gasteiger partial charge is 0.495 e. The van der Waals surface area contributed by atoms with E-state index in [1.165, 1.54) is 31.4 Å². The third-order valence-electron chi connectivity index (χ3n) is 4.60. The van der Waals surface area contributed by atoms with Gasteiger partial charge in [0.05, 0.1) is 7.11 Å². The number of halogens is 1. The van der Waals surface area contributed by atoms with Gasteiger partial charge in [0, 0.05) is 5.69 Å². The summed E-state index contributed by atoms with van der Waals surface area (Å²) < 4.78 is 47.5. The highest BCUT2D eigenvalue weighted by atomic mass is 32.2. The zero-order chi connectivity index (χ0) is 22.4. The molecule has 0 bridgehead atoms. The number of carbonyl (C=O) groups excluding carboxylic acids is 1. The molecule has 0 aliphatic carbocycles. The number of nitrogens with one attached hydrogen (secondary N) is 2. The summed E-state index contributed by atoms with van der Waals surface area (Å²) in [6, 6.07) is 18.0. The van der Waals surface area contributed by atoms with E-state index in [1.807, 2.05) is 6.07 Å². The normalized spacial score (nSPS) is 12.2. The maximum absolute atomic E-state index is 13.5. The minimum absolute atomic E-state index is 0.0633. The number of amides is 1. The van der Waals surface area contributed by atoms with Gasteiger partial charge in [0.2, 0.25) is 15.9 Å². The van der Waals surface area contributed by atoms with Crippen LogP contribution in [-0.2, 0) is 21.2 Å². The van der Waals surface area contributed by atoms with Gasteiger partial charge in [-0.1, -0.05) is 42.5 Å². The monoisotopic (exact) mass is 442 g/mol. The third kappa shape index (κ3) is 5.90. The lowest BCUT2D eigenvalue weighted by Gasteiger charge is -2.20. The molecule has 6 nitrogen and oxygen atoms in total. The number of rotatable bonds is 8. The standard InChI is InChI=1S/C23H23FN2O4S/c1-16-11-12-21(30-2)22(13-16)31(28,29)26-20(14-17-7-4-3-5-8-17)23(27)25-19-10-6-9-18(24)15-19/h3-13,15,20,26H,14H2,1-2H3,(H,25,27). The van der Waals surface area contributed by atoms with Gasteiger partial charge in [-0.2, -0.15) is 4.72 Å². The highest BCUT2D eigenvalue weighted by Gasteiger charge is 2.28. The Morgan fingerprint density at radius 1 is 1.03 bits per heavy atom. The Morgan fingerprint density at radius 3 is 2.45 bits per heavy atom. The van der Waals surface area contributed by atoms with Gasteiger partial charge in [-0.3, -0.25) is 4.79 Å². The van der Waals surface area contributed by atoms with Crippen LogP contribution in [0.3, 0.4) is 0 Å². The highest BCUT2D eigenvalue weighted by molar-refractivity contribution is 7.89. The number of aryl methyl sites for hydroxylation is 1. The van der Waals surface area contributed by atoms with Gasteiger partial charge < -0.3 is 10.1 Å². The average molecular weight is 443 g/mol. The summed E-state index contributed by atoms with van der Waals surface area (Å²) in [7, 11) is -2.72. The van der Waals surface area contributed by atoms with E-state index < -0.39 is 27.8 Å². The summed E-state index contributed by atoms with van der Waals surface area (Å²) in [5.74, 6) is -0.950. The summed E-state index contributed by atoms with van der Waals surface area (Å²) >= 11 is 0. The summed E-state index contributed by atoms with van der Waals surface area (Å²) in [4.78, 5) is 12.9. The van der Waals surface area contributed by atoms with Crippen molar-refractivity contribution >= 4 is 21.6 Å². The molecular formula is C23H23FN2O4S. The molecule has 0 spiro atoms. The van der Waals surface area contributed by atoms with E-state index in [-0.39, 0.29) is 22.8 Å². The van der Waals surface area contributed by atoms with Crippen molar-refractivity contribution in [1.29, 1.82) is 0 Å². The van der Waals surface area contributed by atoms with Crippen molar-refractivity contribution in [2.24, 2.45) is 0 Å². The summed E-state index contributed by atoms with van der Waals surface area (Å²) in [5.41, 5.74) is 1.72. The van der Waals surface area contributed by atoms with Gasteiger partial charge in [-0.15, -0.1) is 0 Å². The minimum atomic E-state index is -4.10. The molecule has 0 heterocycles. The number of methoxy groups -OCH3 is 1. The molecule has 0 aliphatic rings. The number of hydrogen-bond acceptors (Lipinski definition) is 4. The molecular weight excluding hydrogens is 419 g/mol. The average Bonchev–Trinajstić information content (AvgIpc) is 2.74. The van der Waals surface area contributed by atoms with Crippen molar-refractivity contribution in [3.05, 3.63) is 89.7 Å². The molecule has 31 heavy (non-hydrogen) atoms. The van der Waals surface area contributed by atoms with Gasteiger partial charge in [0.1, 0.15) is 22.5 Å². The van der Waals surface area contributed by atoms with Gasteiger partial charge in [-0.05, 0) is 54.8 Å². The van der Waals surface area contributed by atoms with E-state index in [0.717, 1.165) is 17.2 Å². The highest BCUT2D eigenvalue weighted by Crippen LogP contribution is 2.25.